The van der Waals surface area contributed by atoms with Crippen LogP contribution < -0.4 is 21.3 Å². The van der Waals surface area contributed by atoms with E-state index in [4.69, 9.17) is 9.47 Å². The minimum atomic E-state index is -0.483. The Labute approximate surface area is 153 Å². The van der Waals surface area contributed by atoms with Crippen LogP contribution in [0.15, 0.2) is 0 Å². The van der Waals surface area contributed by atoms with Crippen LogP contribution in [0.3, 0.4) is 0 Å². The average molecular weight is 374 g/mol. The molecule has 4 N–H and O–H groups in total. The number of rotatable bonds is 12. The Kier molecular flexibility index (Phi) is 13.4. The summed E-state index contributed by atoms with van der Waals surface area (Å²) in [4.78, 5) is 45.1. The van der Waals surface area contributed by atoms with Crippen LogP contribution in [0.2, 0.25) is 0 Å². The van der Waals surface area contributed by atoms with Crippen molar-refractivity contribution in [2.75, 3.05) is 39.4 Å². The first-order valence-electron chi connectivity index (χ1n) is 8.73. The molecule has 0 heterocycles. The first-order valence-corrected chi connectivity index (χ1v) is 8.73. The highest BCUT2D eigenvalue weighted by Crippen LogP contribution is 2.02. The summed E-state index contributed by atoms with van der Waals surface area (Å²) in [7, 11) is 0. The largest absolute Gasteiger partial charge is 0.465 e. The van der Waals surface area contributed by atoms with Crippen LogP contribution in [-0.4, -0.2) is 63.4 Å². The molecule has 4 amide bonds. The van der Waals surface area contributed by atoms with Gasteiger partial charge in [0.1, 0.15) is 13.1 Å². The monoisotopic (exact) mass is 374 g/mol. The van der Waals surface area contributed by atoms with Gasteiger partial charge in [0, 0.05) is 13.1 Å². The van der Waals surface area contributed by atoms with Gasteiger partial charge in [-0.15, -0.1) is 0 Å². The summed E-state index contributed by atoms with van der Waals surface area (Å²) >= 11 is 0. The summed E-state index contributed by atoms with van der Waals surface area (Å²) in [6.45, 7) is 6.46. The number of carbonyl (C=O) groups is 4. The topological polar surface area (TPSA) is 135 Å². The highest BCUT2D eigenvalue weighted by molar-refractivity contribution is 5.81. The minimum Gasteiger partial charge on any atom is -0.465 e. The van der Waals surface area contributed by atoms with Crippen molar-refractivity contribution in [3.05, 3.63) is 0 Å². The third-order valence-electron chi connectivity index (χ3n) is 3.17. The van der Waals surface area contributed by atoms with Gasteiger partial charge >= 0.3 is 24.0 Å². The van der Waals surface area contributed by atoms with Gasteiger partial charge in [-0.3, -0.25) is 9.59 Å². The molecule has 0 aromatic carbocycles. The Balaban J connectivity index is 3.66. The first kappa shape index (κ1) is 23.5. The smallest absolute Gasteiger partial charge is 0.325 e. The lowest BCUT2D eigenvalue weighted by Crippen LogP contribution is -2.41. The van der Waals surface area contributed by atoms with Crippen LogP contribution in [0.1, 0.15) is 33.6 Å². The molecule has 1 unspecified atom stereocenters. The molecule has 0 aromatic heterocycles. The lowest BCUT2D eigenvalue weighted by Gasteiger charge is -2.13. The fourth-order valence-corrected chi connectivity index (χ4v) is 1.88. The van der Waals surface area contributed by atoms with E-state index in [0.717, 1.165) is 12.8 Å². The number of urea groups is 2. The van der Waals surface area contributed by atoms with Gasteiger partial charge in [-0.05, 0) is 32.6 Å². The molecule has 0 saturated heterocycles. The average Bonchev–Trinajstić information content (AvgIpc) is 2.60. The van der Waals surface area contributed by atoms with Crippen LogP contribution in [0, 0.1) is 5.92 Å². The zero-order chi connectivity index (χ0) is 19.8. The van der Waals surface area contributed by atoms with Crippen LogP contribution in [0.5, 0.6) is 0 Å². The predicted molar refractivity (Wildman–Crippen MR) is 94.5 cm³/mol. The number of esters is 2. The molecule has 0 radical (unpaired) electrons. The summed E-state index contributed by atoms with van der Waals surface area (Å²) in [5, 5.41) is 10.1. The van der Waals surface area contributed by atoms with Crippen molar-refractivity contribution >= 4 is 24.0 Å². The van der Waals surface area contributed by atoms with Gasteiger partial charge in [0.15, 0.2) is 0 Å². The van der Waals surface area contributed by atoms with Crippen molar-refractivity contribution in [3.8, 4) is 0 Å². The highest BCUT2D eigenvalue weighted by atomic mass is 16.5. The molecule has 0 saturated carbocycles. The molecule has 0 aliphatic carbocycles. The number of ether oxygens (including phenoxy) is 2. The molecule has 0 bridgehead atoms. The number of hydrogen-bond acceptors (Lipinski definition) is 6. The van der Waals surface area contributed by atoms with Crippen LogP contribution >= 0.6 is 0 Å². The van der Waals surface area contributed by atoms with Gasteiger partial charge in [0.2, 0.25) is 0 Å². The van der Waals surface area contributed by atoms with E-state index < -0.39 is 24.0 Å². The molecule has 26 heavy (non-hydrogen) atoms. The van der Waals surface area contributed by atoms with Crippen molar-refractivity contribution in [1.82, 2.24) is 21.3 Å². The summed E-state index contributed by atoms with van der Waals surface area (Å²) < 4.78 is 9.39. The maximum Gasteiger partial charge on any atom is 0.325 e. The lowest BCUT2D eigenvalue weighted by molar-refractivity contribution is -0.142. The van der Waals surface area contributed by atoms with E-state index in [1.54, 1.807) is 13.8 Å². The Morgan fingerprint density at radius 1 is 0.808 bits per heavy atom. The summed E-state index contributed by atoms with van der Waals surface area (Å²) in [6.07, 6.45) is 1.51. The van der Waals surface area contributed by atoms with Crippen LogP contribution in [0.4, 0.5) is 9.59 Å². The van der Waals surface area contributed by atoms with Crippen molar-refractivity contribution in [2.45, 2.75) is 33.6 Å². The third kappa shape index (κ3) is 13.9. The van der Waals surface area contributed by atoms with E-state index >= 15 is 0 Å². The van der Waals surface area contributed by atoms with Crippen molar-refractivity contribution < 1.29 is 28.7 Å². The summed E-state index contributed by atoms with van der Waals surface area (Å²) in [5.41, 5.74) is 0. The number of amides is 4. The molecule has 0 aliphatic heterocycles. The fraction of sp³-hybridized carbons (Fsp3) is 0.750. The van der Waals surface area contributed by atoms with Crippen molar-refractivity contribution in [2.24, 2.45) is 5.92 Å². The second-order valence-electron chi connectivity index (χ2n) is 5.53. The molecular formula is C16H30N4O6. The molecular weight excluding hydrogens is 344 g/mol. The minimum absolute atomic E-state index is 0.166. The van der Waals surface area contributed by atoms with E-state index in [9.17, 15) is 19.2 Å². The normalized spacial score (nSPS) is 11.0. The lowest BCUT2D eigenvalue weighted by atomic mass is 10.1. The van der Waals surface area contributed by atoms with Crippen molar-refractivity contribution in [1.29, 1.82) is 0 Å². The Hall–Kier alpha value is -2.52. The van der Waals surface area contributed by atoms with Crippen molar-refractivity contribution in [3.63, 3.8) is 0 Å². The first-order chi connectivity index (χ1) is 12.4. The Bertz CT molecular complexity index is 458. The van der Waals surface area contributed by atoms with Gasteiger partial charge in [0.25, 0.3) is 0 Å². The van der Waals surface area contributed by atoms with Crippen LogP contribution in [0.25, 0.3) is 0 Å². The molecule has 0 aromatic rings. The van der Waals surface area contributed by atoms with Crippen LogP contribution in [-0.2, 0) is 19.1 Å². The quantitative estimate of drug-likeness (QED) is 0.283. The molecule has 0 rings (SSSR count). The Morgan fingerprint density at radius 3 is 1.81 bits per heavy atom. The van der Waals surface area contributed by atoms with E-state index in [-0.39, 0.29) is 32.2 Å². The second kappa shape index (κ2) is 14.8. The molecule has 0 aliphatic rings. The molecule has 150 valence electrons. The molecule has 10 heteroatoms. The SMILES string of the molecule is CCOC(=O)CNC(=O)NCCCC(C)CNC(=O)NCC(=O)OCC. The third-order valence-corrected chi connectivity index (χ3v) is 3.17. The van der Waals surface area contributed by atoms with Gasteiger partial charge < -0.3 is 30.7 Å². The fourth-order valence-electron chi connectivity index (χ4n) is 1.88. The molecule has 1 atom stereocenters. The molecule has 0 fully saturated rings. The second-order valence-corrected chi connectivity index (χ2v) is 5.53. The number of hydrogen-bond donors (Lipinski definition) is 4. The summed E-state index contributed by atoms with van der Waals surface area (Å²) in [6, 6.07) is -0.858. The van der Waals surface area contributed by atoms with Gasteiger partial charge in [-0.2, -0.15) is 0 Å². The van der Waals surface area contributed by atoms with Gasteiger partial charge in [0.05, 0.1) is 13.2 Å². The molecule has 0 spiro atoms. The standard InChI is InChI=1S/C16H30N4O6/c1-4-25-13(21)10-19-15(23)17-8-6-7-12(3)9-18-16(24)20-11-14(22)26-5-2/h12H,4-11H2,1-3H3,(H2,17,19,23)(H2,18,20,24). The predicted octanol–water partition coefficient (Wildman–Crippen LogP) is 0.127. The maximum atomic E-state index is 11.5. The van der Waals surface area contributed by atoms with E-state index in [0.29, 0.717) is 13.1 Å². The zero-order valence-corrected chi connectivity index (χ0v) is 15.7. The Morgan fingerprint density at radius 2 is 1.31 bits per heavy atom. The van der Waals surface area contributed by atoms with E-state index in [1.807, 2.05) is 6.92 Å². The maximum absolute atomic E-state index is 11.5. The summed E-state index contributed by atoms with van der Waals surface area (Å²) in [5.74, 6) is -0.765. The molecule has 10 nitrogen and oxygen atoms in total. The van der Waals surface area contributed by atoms with E-state index in [2.05, 4.69) is 21.3 Å². The zero-order valence-electron chi connectivity index (χ0n) is 15.7. The van der Waals surface area contributed by atoms with Gasteiger partial charge in [-0.1, -0.05) is 6.92 Å². The van der Waals surface area contributed by atoms with Gasteiger partial charge in [-0.25, -0.2) is 9.59 Å². The van der Waals surface area contributed by atoms with E-state index in [1.165, 1.54) is 0 Å². The number of carbonyl (C=O) groups excluding carboxylic acids is 4. The highest BCUT2D eigenvalue weighted by Gasteiger charge is 2.08. The number of nitrogens with one attached hydrogen (secondary N) is 4.